The van der Waals surface area contributed by atoms with Crippen LogP contribution in [0.15, 0.2) is 0 Å². The van der Waals surface area contributed by atoms with Crippen LogP contribution in [0.3, 0.4) is 0 Å². The Kier molecular flexibility index (Phi) is 2.82. The summed E-state index contributed by atoms with van der Waals surface area (Å²) in [5.74, 6) is 1.10. The predicted molar refractivity (Wildman–Crippen MR) is 42.8 cm³/mol. The fourth-order valence-electron chi connectivity index (χ4n) is 0.668. The SMILES string of the molecule is CC(N)CSC1CNC1. The van der Waals surface area contributed by atoms with E-state index >= 15 is 0 Å². The van der Waals surface area contributed by atoms with Crippen LogP contribution >= 0.6 is 11.8 Å². The zero-order valence-corrected chi connectivity index (χ0v) is 6.58. The van der Waals surface area contributed by atoms with Crippen LogP contribution in [-0.2, 0) is 0 Å². The maximum absolute atomic E-state index is 5.58. The van der Waals surface area contributed by atoms with E-state index in [0.29, 0.717) is 6.04 Å². The van der Waals surface area contributed by atoms with Crippen molar-refractivity contribution in [3.63, 3.8) is 0 Å². The van der Waals surface area contributed by atoms with Crippen molar-refractivity contribution in [3.8, 4) is 0 Å². The first-order chi connectivity index (χ1) is 4.29. The zero-order chi connectivity index (χ0) is 6.69. The summed E-state index contributed by atoms with van der Waals surface area (Å²) in [5.41, 5.74) is 5.58. The van der Waals surface area contributed by atoms with Gasteiger partial charge < -0.3 is 11.1 Å². The first-order valence-corrected chi connectivity index (χ1v) is 4.42. The van der Waals surface area contributed by atoms with Crippen LogP contribution in [0.2, 0.25) is 0 Å². The zero-order valence-electron chi connectivity index (χ0n) is 5.76. The average Bonchev–Trinajstić information content (AvgIpc) is 1.60. The molecule has 9 heavy (non-hydrogen) atoms. The lowest BCUT2D eigenvalue weighted by molar-refractivity contribution is 0.543. The van der Waals surface area contributed by atoms with E-state index in [1.54, 1.807) is 0 Å². The fourth-order valence-corrected chi connectivity index (χ4v) is 1.72. The molecular weight excluding hydrogens is 132 g/mol. The highest BCUT2D eigenvalue weighted by Crippen LogP contribution is 2.14. The summed E-state index contributed by atoms with van der Waals surface area (Å²) in [5, 5.41) is 4.07. The van der Waals surface area contributed by atoms with E-state index in [0.717, 1.165) is 11.0 Å². The lowest BCUT2D eigenvalue weighted by Gasteiger charge is -2.26. The molecule has 3 N–H and O–H groups in total. The van der Waals surface area contributed by atoms with Crippen molar-refractivity contribution in [3.05, 3.63) is 0 Å². The van der Waals surface area contributed by atoms with Crippen molar-refractivity contribution in [2.45, 2.75) is 18.2 Å². The van der Waals surface area contributed by atoms with E-state index in [1.807, 2.05) is 11.8 Å². The van der Waals surface area contributed by atoms with E-state index in [-0.39, 0.29) is 0 Å². The molecule has 0 saturated carbocycles. The van der Waals surface area contributed by atoms with Gasteiger partial charge in [0.25, 0.3) is 0 Å². The van der Waals surface area contributed by atoms with Gasteiger partial charge in [-0.05, 0) is 6.92 Å². The van der Waals surface area contributed by atoms with E-state index in [9.17, 15) is 0 Å². The lowest BCUT2D eigenvalue weighted by atomic mass is 10.3. The van der Waals surface area contributed by atoms with Crippen molar-refractivity contribution < 1.29 is 0 Å². The van der Waals surface area contributed by atoms with Crippen molar-refractivity contribution >= 4 is 11.8 Å². The van der Waals surface area contributed by atoms with Crippen molar-refractivity contribution in [2.75, 3.05) is 18.8 Å². The molecule has 0 aromatic rings. The largest absolute Gasteiger partial charge is 0.327 e. The maximum atomic E-state index is 5.58. The number of nitrogens with one attached hydrogen (secondary N) is 1. The molecule has 0 aromatic heterocycles. The normalized spacial score (nSPS) is 23.3. The smallest absolute Gasteiger partial charge is 0.0297 e. The molecule has 3 heteroatoms. The van der Waals surface area contributed by atoms with Gasteiger partial charge in [0, 0.05) is 30.1 Å². The van der Waals surface area contributed by atoms with Crippen LogP contribution in [0, 0.1) is 0 Å². The van der Waals surface area contributed by atoms with Crippen molar-refractivity contribution in [1.29, 1.82) is 0 Å². The van der Waals surface area contributed by atoms with Gasteiger partial charge in [-0.1, -0.05) is 0 Å². The van der Waals surface area contributed by atoms with Gasteiger partial charge in [-0.3, -0.25) is 0 Å². The van der Waals surface area contributed by atoms with Gasteiger partial charge in [0.15, 0.2) is 0 Å². The average molecular weight is 146 g/mol. The van der Waals surface area contributed by atoms with Gasteiger partial charge in [-0.2, -0.15) is 11.8 Å². The summed E-state index contributed by atoms with van der Waals surface area (Å²) in [7, 11) is 0. The molecule has 0 radical (unpaired) electrons. The van der Waals surface area contributed by atoms with E-state index in [2.05, 4.69) is 12.2 Å². The van der Waals surface area contributed by atoms with Crippen molar-refractivity contribution in [2.24, 2.45) is 5.73 Å². The lowest BCUT2D eigenvalue weighted by Crippen LogP contribution is -2.45. The van der Waals surface area contributed by atoms with Crippen LogP contribution in [-0.4, -0.2) is 30.1 Å². The third-order valence-electron chi connectivity index (χ3n) is 1.34. The van der Waals surface area contributed by atoms with Gasteiger partial charge in [0.1, 0.15) is 0 Å². The van der Waals surface area contributed by atoms with Crippen LogP contribution in [0.4, 0.5) is 0 Å². The van der Waals surface area contributed by atoms with Crippen LogP contribution < -0.4 is 11.1 Å². The van der Waals surface area contributed by atoms with Gasteiger partial charge in [-0.15, -0.1) is 0 Å². The molecule has 1 saturated heterocycles. The molecular formula is C6H14N2S. The number of nitrogens with two attached hydrogens (primary N) is 1. The fraction of sp³-hybridized carbons (Fsp3) is 1.00. The molecule has 0 aliphatic carbocycles. The van der Waals surface area contributed by atoms with Crippen molar-refractivity contribution in [1.82, 2.24) is 5.32 Å². The third kappa shape index (κ3) is 2.56. The highest BCUT2D eigenvalue weighted by atomic mass is 32.2. The Morgan fingerprint density at radius 2 is 2.44 bits per heavy atom. The molecule has 1 fully saturated rings. The van der Waals surface area contributed by atoms with Crippen LogP contribution in [0.1, 0.15) is 6.92 Å². The monoisotopic (exact) mass is 146 g/mol. The summed E-state index contributed by atoms with van der Waals surface area (Å²) in [4.78, 5) is 0. The van der Waals surface area contributed by atoms with Gasteiger partial charge in [-0.25, -0.2) is 0 Å². The maximum Gasteiger partial charge on any atom is 0.0297 e. The first-order valence-electron chi connectivity index (χ1n) is 3.37. The third-order valence-corrected chi connectivity index (χ3v) is 2.86. The number of rotatable bonds is 3. The van der Waals surface area contributed by atoms with Gasteiger partial charge in [0.2, 0.25) is 0 Å². The number of hydrogen-bond acceptors (Lipinski definition) is 3. The molecule has 0 amide bonds. The second-order valence-corrected chi connectivity index (χ2v) is 3.92. The highest BCUT2D eigenvalue weighted by Gasteiger charge is 2.16. The Morgan fingerprint density at radius 3 is 2.78 bits per heavy atom. The second-order valence-electron chi connectivity index (χ2n) is 2.59. The first kappa shape index (κ1) is 7.38. The Hall–Kier alpha value is 0.270. The molecule has 1 unspecified atom stereocenters. The minimum Gasteiger partial charge on any atom is -0.327 e. The molecule has 1 aliphatic heterocycles. The molecule has 2 nitrogen and oxygen atoms in total. The summed E-state index contributed by atoms with van der Waals surface area (Å²) in [6.45, 7) is 4.41. The Labute approximate surface area is 60.6 Å². The van der Waals surface area contributed by atoms with Gasteiger partial charge >= 0.3 is 0 Å². The Balaban J connectivity index is 1.91. The molecule has 1 heterocycles. The molecule has 1 aliphatic rings. The molecule has 0 aromatic carbocycles. The summed E-state index contributed by atoms with van der Waals surface area (Å²) >= 11 is 1.98. The molecule has 1 rings (SSSR count). The predicted octanol–water partition coefficient (Wildman–Crippen LogP) is 0.0386. The molecule has 1 atom stereocenters. The topological polar surface area (TPSA) is 38.0 Å². The minimum atomic E-state index is 0.357. The Morgan fingerprint density at radius 1 is 1.78 bits per heavy atom. The number of hydrogen-bond donors (Lipinski definition) is 2. The summed E-state index contributed by atoms with van der Waals surface area (Å²) < 4.78 is 0. The second kappa shape index (κ2) is 3.44. The van der Waals surface area contributed by atoms with E-state index < -0.39 is 0 Å². The molecule has 54 valence electrons. The highest BCUT2D eigenvalue weighted by molar-refractivity contribution is 8.00. The Bertz CT molecular complexity index is 81.1. The quantitative estimate of drug-likeness (QED) is 0.590. The van der Waals surface area contributed by atoms with E-state index in [4.69, 9.17) is 5.73 Å². The van der Waals surface area contributed by atoms with Gasteiger partial charge in [0.05, 0.1) is 0 Å². The molecule has 0 bridgehead atoms. The van der Waals surface area contributed by atoms with E-state index in [1.165, 1.54) is 13.1 Å². The molecule has 0 spiro atoms. The standard InChI is InChI=1S/C6H14N2S/c1-5(7)4-9-6-2-8-3-6/h5-6,8H,2-4,7H2,1H3. The van der Waals surface area contributed by atoms with Crippen LogP contribution in [0.5, 0.6) is 0 Å². The van der Waals surface area contributed by atoms with Crippen LogP contribution in [0.25, 0.3) is 0 Å². The summed E-state index contributed by atoms with van der Waals surface area (Å²) in [6, 6.07) is 0.357. The minimum absolute atomic E-state index is 0.357. The number of thioether (sulfide) groups is 1. The summed E-state index contributed by atoms with van der Waals surface area (Å²) in [6.07, 6.45) is 0.